The number of hydrogen-bond donors (Lipinski definition) is 1. The van der Waals surface area contributed by atoms with E-state index in [1.165, 1.54) is 11.1 Å². The van der Waals surface area contributed by atoms with Gasteiger partial charge in [-0.25, -0.2) is 4.98 Å². The zero-order valence-electron chi connectivity index (χ0n) is 11.7. The number of anilines is 1. The summed E-state index contributed by atoms with van der Waals surface area (Å²) in [6.45, 7) is 2.80. The molecule has 0 radical (unpaired) electrons. The highest BCUT2D eigenvalue weighted by Crippen LogP contribution is 2.23. The Hall–Kier alpha value is -2.10. The standard InChI is InChI=1S/C16H19N3O/c1-2-8-19-9-7-17-15(16(19)20)18-14-10-12-5-3-4-6-13(12)11-14/h3-7,9,14H,2,8,10-11H2,1H3,(H,17,18). The molecule has 1 N–H and O–H groups in total. The van der Waals surface area contributed by atoms with Crippen LogP contribution in [0.25, 0.3) is 0 Å². The van der Waals surface area contributed by atoms with E-state index < -0.39 is 0 Å². The fourth-order valence-electron chi connectivity index (χ4n) is 2.82. The molecule has 1 aromatic carbocycles. The van der Waals surface area contributed by atoms with Crippen LogP contribution in [0.2, 0.25) is 0 Å². The summed E-state index contributed by atoms with van der Waals surface area (Å²) in [5.41, 5.74) is 2.72. The molecular formula is C16H19N3O. The number of rotatable bonds is 4. The molecule has 1 heterocycles. The van der Waals surface area contributed by atoms with E-state index >= 15 is 0 Å². The SMILES string of the molecule is CCCn1ccnc(NC2Cc3ccccc3C2)c1=O. The van der Waals surface area contributed by atoms with Crippen molar-refractivity contribution >= 4 is 5.82 Å². The van der Waals surface area contributed by atoms with E-state index in [0.29, 0.717) is 5.82 Å². The van der Waals surface area contributed by atoms with E-state index in [-0.39, 0.29) is 11.6 Å². The van der Waals surface area contributed by atoms with E-state index in [0.717, 1.165) is 25.8 Å². The van der Waals surface area contributed by atoms with Crippen molar-refractivity contribution in [3.05, 3.63) is 58.1 Å². The lowest BCUT2D eigenvalue weighted by atomic mass is 10.1. The second-order valence-corrected chi connectivity index (χ2v) is 5.29. The van der Waals surface area contributed by atoms with Gasteiger partial charge in [0.05, 0.1) is 0 Å². The van der Waals surface area contributed by atoms with Gasteiger partial charge in [-0.3, -0.25) is 4.79 Å². The van der Waals surface area contributed by atoms with Crippen LogP contribution in [0.4, 0.5) is 5.82 Å². The molecule has 0 amide bonds. The average Bonchev–Trinajstić information content (AvgIpc) is 2.86. The Labute approximate surface area is 118 Å². The van der Waals surface area contributed by atoms with Crippen LogP contribution in [-0.2, 0) is 19.4 Å². The highest BCUT2D eigenvalue weighted by molar-refractivity contribution is 5.40. The maximum Gasteiger partial charge on any atom is 0.293 e. The lowest BCUT2D eigenvalue weighted by molar-refractivity contribution is 0.646. The van der Waals surface area contributed by atoms with Crippen LogP contribution < -0.4 is 10.9 Å². The van der Waals surface area contributed by atoms with Gasteiger partial charge in [0.25, 0.3) is 5.56 Å². The summed E-state index contributed by atoms with van der Waals surface area (Å²) in [5.74, 6) is 0.471. The molecule has 4 heteroatoms. The molecule has 0 saturated heterocycles. The van der Waals surface area contributed by atoms with E-state index in [9.17, 15) is 4.79 Å². The third-order valence-electron chi connectivity index (χ3n) is 3.77. The Balaban J connectivity index is 1.77. The minimum atomic E-state index is -0.0229. The predicted molar refractivity (Wildman–Crippen MR) is 80.0 cm³/mol. The van der Waals surface area contributed by atoms with Gasteiger partial charge < -0.3 is 9.88 Å². The van der Waals surface area contributed by atoms with E-state index in [4.69, 9.17) is 0 Å². The normalized spacial score (nSPS) is 14.2. The Bertz CT molecular complexity index is 638. The molecule has 0 fully saturated rings. The van der Waals surface area contributed by atoms with Gasteiger partial charge in [-0.1, -0.05) is 31.2 Å². The minimum Gasteiger partial charge on any atom is -0.362 e. The fraction of sp³-hybridized carbons (Fsp3) is 0.375. The monoisotopic (exact) mass is 269 g/mol. The smallest absolute Gasteiger partial charge is 0.293 e. The van der Waals surface area contributed by atoms with Crippen molar-refractivity contribution in [3.8, 4) is 0 Å². The van der Waals surface area contributed by atoms with E-state index in [2.05, 4.69) is 41.5 Å². The van der Waals surface area contributed by atoms with Crippen LogP contribution in [-0.4, -0.2) is 15.6 Å². The Morgan fingerprint density at radius 1 is 1.30 bits per heavy atom. The molecule has 20 heavy (non-hydrogen) atoms. The number of aromatic nitrogens is 2. The number of fused-ring (bicyclic) bond motifs is 1. The molecule has 0 saturated carbocycles. The summed E-state index contributed by atoms with van der Waals surface area (Å²) in [6.07, 6.45) is 6.31. The van der Waals surface area contributed by atoms with Crippen LogP contribution in [0.1, 0.15) is 24.5 Å². The van der Waals surface area contributed by atoms with Gasteiger partial charge in [0.15, 0.2) is 5.82 Å². The van der Waals surface area contributed by atoms with Crippen molar-refractivity contribution in [1.82, 2.24) is 9.55 Å². The first kappa shape index (κ1) is 12.9. The van der Waals surface area contributed by atoms with Gasteiger partial charge in [0.1, 0.15) is 0 Å². The Morgan fingerprint density at radius 3 is 2.65 bits per heavy atom. The first-order chi connectivity index (χ1) is 9.78. The van der Waals surface area contributed by atoms with Gasteiger partial charge in [-0.15, -0.1) is 0 Å². The molecule has 0 bridgehead atoms. The summed E-state index contributed by atoms with van der Waals surface area (Å²) in [5, 5.41) is 3.31. The first-order valence-corrected chi connectivity index (χ1v) is 7.16. The summed E-state index contributed by atoms with van der Waals surface area (Å²) >= 11 is 0. The van der Waals surface area contributed by atoms with Gasteiger partial charge in [-0.2, -0.15) is 0 Å². The minimum absolute atomic E-state index is 0.0229. The number of benzene rings is 1. The van der Waals surface area contributed by atoms with Gasteiger partial charge >= 0.3 is 0 Å². The summed E-state index contributed by atoms with van der Waals surface area (Å²) < 4.78 is 1.72. The largest absolute Gasteiger partial charge is 0.362 e. The molecule has 1 aliphatic carbocycles. The third-order valence-corrected chi connectivity index (χ3v) is 3.77. The Morgan fingerprint density at radius 2 is 2.00 bits per heavy atom. The second-order valence-electron chi connectivity index (χ2n) is 5.29. The first-order valence-electron chi connectivity index (χ1n) is 7.16. The molecule has 0 spiro atoms. The number of nitrogens with one attached hydrogen (secondary N) is 1. The second kappa shape index (κ2) is 5.49. The summed E-state index contributed by atoms with van der Waals surface area (Å²) in [7, 11) is 0. The molecule has 2 aromatic rings. The van der Waals surface area contributed by atoms with Crippen molar-refractivity contribution < 1.29 is 0 Å². The average molecular weight is 269 g/mol. The maximum atomic E-state index is 12.3. The molecule has 3 rings (SSSR count). The molecule has 0 aliphatic heterocycles. The molecular weight excluding hydrogens is 250 g/mol. The lowest BCUT2D eigenvalue weighted by Crippen LogP contribution is -2.29. The molecule has 0 unspecified atom stereocenters. The van der Waals surface area contributed by atoms with Crippen molar-refractivity contribution in [3.63, 3.8) is 0 Å². The van der Waals surface area contributed by atoms with Gasteiger partial charge in [0.2, 0.25) is 0 Å². The molecule has 1 aromatic heterocycles. The topological polar surface area (TPSA) is 46.9 Å². The van der Waals surface area contributed by atoms with Crippen molar-refractivity contribution in [2.24, 2.45) is 0 Å². The van der Waals surface area contributed by atoms with Gasteiger partial charge in [0, 0.05) is 25.0 Å². The predicted octanol–water partition coefficient (Wildman–Crippen LogP) is 2.23. The highest BCUT2D eigenvalue weighted by Gasteiger charge is 2.21. The molecule has 1 aliphatic rings. The van der Waals surface area contributed by atoms with Crippen LogP contribution in [0.3, 0.4) is 0 Å². The van der Waals surface area contributed by atoms with Crippen molar-refractivity contribution in [2.45, 2.75) is 38.8 Å². The quantitative estimate of drug-likeness (QED) is 0.926. The number of nitrogens with zero attached hydrogens (tertiary/aromatic N) is 2. The van der Waals surface area contributed by atoms with Crippen LogP contribution in [0, 0.1) is 0 Å². The highest BCUT2D eigenvalue weighted by atomic mass is 16.1. The zero-order valence-corrected chi connectivity index (χ0v) is 11.7. The molecule has 4 nitrogen and oxygen atoms in total. The number of aryl methyl sites for hydroxylation is 1. The van der Waals surface area contributed by atoms with E-state index in [1.807, 2.05) is 0 Å². The van der Waals surface area contributed by atoms with Crippen LogP contribution in [0.5, 0.6) is 0 Å². The van der Waals surface area contributed by atoms with Crippen molar-refractivity contribution in [2.75, 3.05) is 5.32 Å². The van der Waals surface area contributed by atoms with E-state index in [1.54, 1.807) is 17.0 Å². The van der Waals surface area contributed by atoms with Gasteiger partial charge in [-0.05, 0) is 30.4 Å². The summed E-state index contributed by atoms with van der Waals surface area (Å²) in [4.78, 5) is 16.5. The molecule has 104 valence electrons. The maximum absolute atomic E-state index is 12.3. The van der Waals surface area contributed by atoms with Crippen LogP contribution >= 0.6 is 0 Å². The summed E-state index contributed by atoms with van der Waals surface area (Å²) in [6, 6.07) is 8.72. The third kappa shape index (κ3) is 2.46. The zero-order chi connectivity index (χ0) is 13.9. The number of hydrogen-bond acceptors (Lipinski definition) is 3. The van der Waals surface area contributed by atoms with Crippen LogP contribution in [0.15, 0.2) is 41.5 Å². The fourth-order valence-corrected chi connectivity index (χ4v) is 2.82. The lowest BCUT2D eigenvalue weighted by Gasteiger charge is -2.13. The molecule has 0 atom stereocenters. The van der Waals surface area contributed by atoms with Crippen molar-refractivity contribution in [1.29, 1.82) is 0 Å². The Kier molecular flexibility index (Phi) is 3.54.